The second-order valence-corrected chi connectivity index (χ2v) is 7.36. The lowest BCUT2D eigenvalue weighted by Gasteiger charge is -2.35. The van der Waals surface area contributed by atoms with Crippen molar-refractivity contribution in [2.75, 3.05) is 33.7 Å². The summed E-state index contributed by atoms with van der Waals surface area (Å²) in [6, 6.07) is 8.18. The molecule has 3 unspecified atom stereocenters. The van der Waals surface area contributed by atoms with Crippen molar-refractivity contribution in [2.24, 2.45) is 11.8 Å². The maximum atomic E-state index is 12.5. The van der Waals surface area contributed by atoms with Crippen LogP contribution in [0.3, 0.4) is 0 Å². The van der Waals surface area contributed by atoms with Crippen LogP contribution < -0.4 is 5.32 Å². The molecule has 1 aliphatic heterocycles. The summed E-state index contributed by atoms with van der Waals surface area (Å²) in [5, 5.41) is 12.2. The number of carbonyl (C=O) groups excluding carboxylic acids is 1. The molecule has 1 aliphatic rings. The fourth-order valence-electron chi connectivity index (χ4n) is 3.38. The molecule has 0 spiro atoms. The van der Waals surface area contributed by atoms with Crippen LogP contribution in [0.15, 0.2) is 24.3 Å². The lowest BCUT2D eigenvalue weighted by Crippen LogP contribution is -2.50. The first kappa shape index (κ1) is 19.2. The van der Waals surface area contributed by atoms with Gasteiger partial charge in [0.25, 0.3) is 0 Å². The fourth-order valence-corrected chi connectivity index (χ4v) is 3.38. The minimum Gasteiger partial charge on any atom is -0.481 e. The molecule has 138 valence electrons. The predicted molar refractivity (Wildman–Crippen MR) is 97.5 cm³/mol. The zero-order chi connectivity index (χ0) is 18.6. The average molecular weight is 347 g/mol. The number of carboxylic acids is 1. The summed E-state index contributed by atoms with van der Waals surface area (Å²) >= 11 is 0. The van der Waals surface area contributed by atoms with E-state index in [2.05, 4.69) is 34.5 Å². The van der Waals surface area contributed by atoms with Crippen molar-refractivity contribution >= 4 is 12.0 Å². The third-order valence-electron chi connectivity index (χ3n) is 4.83. The number of carbonyl (C=O) groups is 2. The number of aliphatic carboxylic acids is 1. The Morgan fingerprint density at radius 2 is 1.92 bits per heavy atom. The van der Waals surface area contributed by atoms with Crippen LogP contribution in [0.5, 0.6) is 0 Å². The van der Waals surface area contributed by atoms with Crippen LogP contribution in [0.25, 0.3) is 0 Å². The van der Waals surface area contributed by atoms with Gasteiger partial charge in [-0.3, -0.25) is 4.79 Å². The van der Waals surface area contributed by atoms with Gasteiger partial charge in [-0.1, -0.05) is 36.8 Å². The van der Waals surface area contributed by atoms with Crippen molar-refractivity contribution in [3.8, 4) is 0 Å². The predicted octanol–water partition coefficient (Wildman–Crippen LogP) is 2.35. The number of amides is 2. The summed E-state index contributed by atoms with van der Waals surface area (Å²) in [5.74, 6) is -1.10. The molecule has 0 aliphatic carbocycles. The van der Waals surface area contributed by atoms with Gasteiger partial charge in [0.15, 0.2) is 0 Å². The van der Waals surface area contributed by atoms with Crippen LogP contribution in [0.1, 0.15) is 30.5 Å². The van der Waals surface area contributed by atoms with E-state index in [9.17, 15) is 14.7 Å². The summed E-state index contributed by atoms with van der Waals surface area (Å²) in [5.41, 5.74) is 2.35. The average Bonchev–Trinajstić information content (AvgIpc) is 2.55. The molecule has 0 saturated carbocycles. The zero-order valence-electron chi connectivity index (χ0n) is 15.5. The standard InChI is InChI=1S/C19H29N3O3/c1-13-5-7-15(8-6-13)17(21(3)4)10-20-19(25)22-11-14(2)9-16(12-22)18(23)24/h5-8,14,16-17H,9-12H2,1-4H3,(H,20,25)(H,23,24). The van der Waals surface area contributed by atoms with Crippen LogP contribution in [-0.2, 0) is 4.79 Å². The Bertz CT molecular complexity index is 600. The number of likely N-dealkylation sites (N-methyl/N-ethyl adjacent to an activating group) is 1. The number of hydrogen-bond donors (Lipinski definition) is 2. The SMILES string of the molecule is Cc1ccc(C(CNC(=O)N2CC(C)CC(C(=O)O)C2)N(C)C)cc1. The molecule has 3 atom stereocenters. The van der Waals surface area contributed by atoms with Gasteiger partial charge in [-0.2, -0.15) is 0 Å². The molecule has 1 heterocycles. The molecule has 6 nitrogen and oxygen atoms in total. The van der Waals surface area contributed by atoms with Gasteiger partial charge in [-0.25, -0.2) is 4.79 Å². The van der Waals surface area contributed by atoms with Crippen LogP contribution in [0, 0.1) is 18.8 Å². The van der Waals surface area contributed by atoms with Gasteiger partial charge in [-0.15, -0.1) is 0 Å². The Hall–Kier alpha value is -2.08. The molecule has 6 heteroatoms. The quantitative estimate of drug-likeness (QED) is 0.857. The number of likely N-dealkylation sites (tertiary alicyclic amines) is 1. The minimum atomic E-state index is -0.824. The Kier molecular flexibility index (Phi) is 6.42. The van der Waals surface area contributed by atoms with Gasteiger partial charge < -0.3 is 20.2 Å². The number of hydrogen-bond acceptors (Lipinski definition) is 3. The summed E-state index contributed by atoms with van der Waals surface area (Å²) in [6.07, 6.45) is 0.628. The maximum absolute atomic E-state index is 12.5. The van der Waals surface area contributed by atoms with Crippen molar-refractivity contribution in [3.05, 3.63) is 35.4 Å². The smallest absolute Gasteiger partial charge is 0.317 e. The van der Waals surface area contributed by atoms with E-state index in [4.69, 9.17) is 0 Å². The van der Waals surface area contributed by atoms with Gasteiger partial charge in [0.05, 0.1) is 12.0 Å². The van der Waals surface area contributed by atoms with E-state index < -0.39 is 11.9 Å². The zero-order valence-corrected chi connectivity index (χ0v) is 15.5. The Labute approximate surface area is 149 Å². The van der Waals surface area contributed by atoms with Gasteiger partial charge in [-0.05, 0) is 38.9 Å². The van der Waals surface area contributed by atoms with E-state index in [1.165, 1.54) is 5.56 Å². The van der Waals surface area contributed by atoms with Gasteiger partial charge in [0.2, 0.25) is 0 Å². The van der Waals surface area contributed by atoms with E-state index >= 15 is 0 Å². The summed E-state index contributed by atoms with van der Waals surface area (Å²) in [6.45, 7) is 5.41. The molecule has 1 aromatic rings. The molecule has 1 saturated heterocycles. The molecule has 1 fully saturated rings. The van der Waals surface area contributed by atoms with E-state index in [0.29, 0.717) is 19.5 Å². The number of piperidine rings is 1. The molecule has 2 rings (SSSR count). The van der Waals surface area contributed by atoms with E-state index in [1.54, 1.807) is 4.90 Å². The molecular weight excluding hydrogens is 318 g/mol. The largest absolute Gasteiger partial charge is 0.481 e. The normalized spacial score (nSPS) is 21.9. The van der Waals surface area contributed by atoms with E-state index in [0.717, 1.165) is 5.56 Å². The Balaban J connectivity index is 1.98. The van der Waals surface area contributed by atoms with E-state index in [1.807, 2.05) is 27.9 Å². The molecule has 2 N–H and O–H groups in total. The summed E-state index contributed by atoms with van der Waals surface area (Å²) in [7, 11) is 3.97. The second-order valence-electron chi connectivity index (χ2n) is 7.36. The molecule has 0 bridgehead atoms. The molecule has 25 heavy (non-hydrogen) atoms. The number of rotatable bonds is 5. The first-order chi connectivity index (χ1) is 11.8. The number of nitrogens with zero attached hydrogens (tertiary/aromatic N) is 2. The van der Waals surface area contributed by atoms with Crippen LogP contribution in [-0.4, -0.2) is 60.6 Å². The lowest BCUT2D eigenvalue weighted by atomic mass is 9.91. The van der Waals surface area contributed by atoms with Crippen molar-refractivity contribution in [3.63, 3.8) is 0 Å². The molecule has 0 radical (unpaired) electrons. The minimum absolute atomic E-state index is 0.0713. The summed E-state index contributed by atoms with van der Waals surface area (Å²) in [4.78, 5) is 27.5. The number of carboxylic acid groups (broad SMARTS) is 1. The Morgan fingerprint density at radius 3 is 2.48 bits per heavy atom. The third kappa shape index (κ3) is 5.19. The maximum Gasteiger partial charge on any atom is 0.317 e. The van der Waals surface area contributed by atoms with Crippen molar-refractivity contribution in [2.45, 2.75) is 26.3 Å². The monoisotopic (exact) mass is 347 g/mol. The van der Waals surface area contributed by atoms with Gasteiger partial charge >= 0.3 is 12.0 Å². The van der Waals surface area contributed by atoms with E-state index in [-0.39, 0.29) is 24.5 Å². The van der Waals surface area contributed by atoms with Crippen molar-refractivity contribution < 1.29 is 14.7 Å². The third-order valence-corrected chi connectivity index (χ3v) is 4.83. The van der Waals surface area contributed by atoms with Crippen LogP contribution in [0.2, 0.25) is 0 Å². The topological polar surface area (TPSA) is 72.9 Å². The highest BCUT2D eigenvalue weighted by molar-refractivity contribution is 5.76. The van der Waals surface area contributed by atoms with Crippen LogP contribution >= 0.6 is 0 Å². The van der Waals surface area contributed by atoms with Crippen LogP contribution in [0.4, 0.5) is 4.79 Å². The number of aryl methyl sites for hydroxylation is 1. The first-order valence-electron chi connectivity index (χ1n) is 8.76. The first-order valence-corrected chi connectivity index (χ1v) is 8.76. The van der Waals surface area contributed by atoms with Crippen molar-refractivity contribution in [1.29, 1.82) is 0 Å². The number of urea groups is 1. The van der Waals surface area contributed by atoms with Crippen molar-refractivity contribution in [1.82, 2.24) is 15.1 Å². The number of benzene rings is 1. The highest BCUT2D eigenvalue weighted by atomic mass is 16.4. The molecular formula is C19H29N3O3. The highest BCUT2D eigenvalue weighted by Gasteiger charge is 2.32. The fraction of sp³-hybridized carbons (Fsp3) is 0.579. The number of nitrogens with one attached hydrogen (secondary N) is 1. The molecule has 1 aromatic carbocycles. The summed E-state index contributed by atoms with van der Waals surface area (Å²) < 4.78 is 0. The second kappa shape index (κ2) is 8.34. The van der Waals surface area contributed by atoms with Gasteiger partial charge in [0, 0.05) is 19.6 Å². The molecule has 0 aromatic heterocycles. The van der Waals surface area contributed by atoms with Gasteiger partial charge in [0.1, 0.15) is 0 Å². The Morgan fingerprint density at radius 1 is 1.28 bits per heavy atom. The lowest BCUT2D eigenvalue weighted by molar-refractivity contribution is -0.143. The highest BCUT2D eigenvalue weighted by Crippen LogP contribution is 2.22. The molecule has 2 amide bonds.